The van der Waals surface area contributed by atoms with Crippen LogP contribution in [-0.2, 0) is 6.54 Å². The van der Waals surface area contributed by atoms with Crippen LogP contribution in [0.2, 0.25) is 0 Å². The zero-order chi connectivity index (χ0) is 18.9. The summed E-state index contributed by atoms with van der Waals surface area (Å²) in [4.78, 5) is 11.1. The first-order chi connectivity index (χ1) is 13.3. The van der Waals surface area contributed by atoms with Gasteiger partial charge in [0.25, 0.3) is 0 Å². The SMILES string of the molecule is CN=C(NCCCN1CCC(C)CC1)NCc1ccccc1-n1ccnc1.I. The van der Waals surface area contributed by atoms with Crippen molar-refractivity contribution in [2.75, 3.05) is 33.2 Å². The van der Waals surface area contributed by atoms with Gasteiger partial charge in [-0.3, -0.25) is 4.99 Å². The van der Waals surface area contributed by atoms with Crippen molar-refractivity contribution < 1.29 is 0 Å². The molecule has 0 unspecified atom stereocenters. The monoisotopic (exact) mass is 496 g/mol. The minimum absolute atomic E-state index is 0. The zero-order valence-corrected chi connectivity index (χ0v) is 19.3. The summed E-state index contributed by atoms with van der Waals surface area (Å²) in [7, 11) is 1.82. The predicted molar refractivity (Wildman–Crippen MR) is 127 cm³/mol. The van der Waals surface area contributed by atoms with Gasteiger partial charge in [0.15, 0.2) is 5.96 Å². The van der Waals surface area contributed by atoms with Crippen molar-refractivity contribution in [2.45, 2.75) is 32.7 Å². The van der Waals surface area contributed by atoms with E-state index in [4.69, 9.17) is 0 Å². The van der Waals surface area contributed by atoms with E-state index in [9.17, 15) is 0 Å². The van der Waals surface area contributed by atoms with Crippen LogP contribution in [0.5, 0.6) is 0 Å². The lowest BCUT2D eigenvalue weighted by Gasteiger charge is -2.30. The highest BCUT2D eigenvalue weighted by atomic mass is 127. The number of para-hydroxylation sites is 1. The summed E-state index contributed by atoms with van der Waals surface area (Å²) in [6.45, 7) is 7.69. The van der Waals surface area contributed by atoms with Gasteiger partial charge in [-0.25, -0.2) is 4.98 Å². The number of rotatable bonds is 7. The van der Waals surface area contributed by atoms with E-state index in [-0.39, 0.29) is 24.0 Å². The second-order valence-electron chi connectivity index (χ2n) is 7.33. The highest BCUT2D eigenvalue weighted by molar-refractivity contribution is 14.0. The molecule has 0 spiro atoms. The maximum Gasteiger partial charge on any atom is 0.191 e. The molecular formula is C21H33IN6. The van der Waals surface area contributed by atoms with E-state index in [1.807, 2.05) is 30.2 Å². The first kappa shape index (κ1) is 22.7. The summed E-state index contributed by atoms with van der Waals surface area (Å²) in [6, 6.07) is 8.35. The molecule has 1 aromatic carbocycles. The third-order valence-corrected chi connectivity index (χ3v) is 5.26. The number of nitrogens with one attached hydrogen (secondary N) is 2. The van der Waals surface area contributed by atoms with Gasteiger partial charge >= 0.3 is 0 Å². The normalized spacial score (nSPS) is 15.9. The zero-order valence-electron chi connectivity index (χ0n) is 17.0. The van der Waals surface area contributed by atoms with Gasteiger partial charge < -0.3 is 20.1 Å². The number of aliphatic imine (C=N–C) groups is 1. The summed E-state index contributed by atoms with van der Waals surface area (Å²) in [5, 5.41) is 6.86. The quantitative estimate of drug-likeness (QED) is 0.268. The average Bonchev–Trinajstić information content (AvgIpc) is 3.24. The largest absolute Gasteiger partial charge is 0.356 e. The van der Waals surface area contributed by atoms with Crippen molar-refractivity contribution in [3.63, 3.8) is 0 Å². The molecule has 2 aromatic rings. The van der Waals surface area contributed by atoms with Crippen molar-refractivity contribution in [1.82, 2.24) is 25.1 Å². The lowest BCUT2D eigenvalue weighted by molar-refractivity contribution is 0.191. The highest BCUT2D eigenvalue weighted by Gasteiger charge is 2.14. The Kier molecular flexibility index (Phi) is 9.77. The Hall–Kier alpha value is -1.61. The molecule has 3 rings (SSSR count). The topological polar surface area (TPSA) is 57.5 Å². The maximum absolute atomic E-state index is 4.35. The molecular weight excluding hydrogens is 463 g/mol. The van der Waals surface area contributed by atoms with Crippen molar-refractivity contribution in [3.8, 4) is 5.69 Å². The smallest absolute Gasteiger partial charge is 0.191 e. The molecule has 0 atom stereocenters. The van der Waals surface area contributed by atoms with E-state index in [0.29, 0.717) is 0 Å². The highest BCUT2D eigenvalue weighted by Crippen LogP contribution is 2.16. The molecule has 1 fully saturated rings. The van der Waals surface area contributed by atoms with E-state index in [2.05, 4.69) is 50.6 Å². The number of aromatic nitrogens is 2. The van der Waals surface area contributed by atoms with E-state index >= 15 is 0 Å². The van der Waals surface area contributed by atoms with Crippen LogP contribution in [0.3, 0.4) is 0 Å². The van der Waals surface area contributed by atoms with Crippen LogP contribution in [0.4, 0.5) is 0 Å². The number of nitrogens with zero attached hydrogens (tertiary/aromatic N) is 4. The van der Waals surface area contributed by atoms with E-state index < -0.39 is 0 Å². The Balaban J connectivity index is 0.00000280. The molecule has 0 amide bonds. The first-order valence-corrected chi connectivity index (χ1v) is 9.99. The molecule has 2 heterocycles. The predicted octanol–water partition coefficient (Wildman–Crippen LogP) is 3.28. The molecule has 6 nitrogen and oxygen atoms in total. The Morgan fingerprint density at radius 2 is 2.00 bits per heavy atom. The number of hydrogen-bond acceptors (Lipinski definition) is 3. The fraction of sp³-hybridized carbons (Fsp3) is 0.524. The van der Waals surface area contributed by atoms with Crippen LogP contribution >= 0.6 is 24.0 Å². The lowest BCUT2D eigenvalue weighted by Crippen LogP contribution is -2.39. The van der Waals surface area contributed by atoms with Gasteiger partial charge in [-0.05, 0) is 56.4 Å². The molecule has 0 saturated carbocycles. The van der Waals surface area contributed by atoms with Crippen LogP contribution < -0.4 is 10.6 Å². The minimum atomic E-state index is 0. The summed E-state index contributed by atoms with van der Waals surface area (Å²) in [5.74, 6) is 1.75. The maximum atomic E-state index is 4.35. The summed E-state index contributed by atoms with van der Waals surface area (Å²) < 4.78 is 2.03. The van der Waals surface area contributed by atoms with Crippen molar-refractivity contribution in [3.05, 3.63) is 48.5 Å². The van der Waals surface area contributed by atoms with Crippen molar-refractivity contribution >= 4 is 29.9 Å². The number of hydrogen-bond donors (Lipinski definition) is 2. The third kappa shape index (κ3) is 6.77. The second kappa shape index (κ2) is 12.1. The van der Waals surface area contributed by atoms with Gasteiger partial charge in [0.2, 0.25) is 0 Å². The number of likely N-dealkylation sites (tertiary alicyclic amines) is 1. The molecule has 7 heteroatoms. The molecule has 2 N–H and O–H groups in total. The number of benzene rings is 1. The fourth-order valence-corrected chi connectivity index (χ4v) is 3.51. The molecule has 0 aliphatic carbocycles. The van der Waals surface area contributed by atoms with Gasteiger partial charge in [0, 0.05) is 32.5 Å². The van der Waals surface area contributed by atoms with E-state index in [1.165, 1.54) is 38.0 Å². The van der Waals surface area contributed by atoms with E-state index in [0.717, 1.165) is 37.1 Å². The van der Waals surface area contributed by atoms with Crippen LogP contribution in [0.25, 0.3) is 5.69 Å². The van der Waals surface area contributed by atoms with Gasteiger partial charge in [-0.15, -0.1) is 24.0 Å². The molecule has 1 aliphatic rings. The van der Waals surface area contributed by atoms with Crippen LogP contribution in [0.15, 0.2) is 48.0 Å². The number of halogens is 1. The van der Waals surface area contributed by atoms with Gasteiger partial charge in [-0.1, -0.05) is 25.1 Å². The number of piperidine rings is 1. The molecule has 154 valence electrons. The Bertz CT molecular complexity index is 707. The minimum Gasteiger partial charge on any atom is -0.356 e. The molecule has 1 aromatic heterocycles. The summed E-state index contributed by atoms with van der Waals surface area (Å²) in [6.07, 6.45) is 9.41. The Morgan fingerprint density at radius 3 is 2.71 bits per heavy atom. The summed E-state index contributed by atoms with van der Waals surface area (Å²) >= 11 is 0. The fourth-order valence-electron chi connectivity index (χ4n) is 3.51. The van der Waals surface area contributed by atoms with Crippen molar-refractivity contribution in [1.29, 1.82) is 0 Å². The Labute approximate surface area is 185 Å². The molecule has 28 heavy (non-hydrogen) atoms. The number of guanidine groups is 1. The Morgan fingerprint density at radius 1 is 1.21 bits per heavy atom. The lowest BCUT2D eigenvalue weighted by atomic mass is 9.99. The standard InChI is InChI=1S/C21H32N6.HI/c1-18-8-13-26(14-9-18)12-5-10-24-21(22-2)25-16-19-6-3-4-7-20(19)27-15-11-23-17-27;/h3-4,6-7,11,15,17-18H,5,8-10,12-14,16H2,1-2H3,(H2,22,24,25);1H. The molecule has 1 aliphatic heterocycles. The van der Waals surface area contributed by atoms with Gasteiger partial charge in [0.05, 0.1) is 12.0 Å². The van der Waals surface area contributed by atoms with Crippen molar-refractivity contribution in [2.24, 2.45) is 10.9 Å². The van der Waals surface area contributed by atoms with Crippen LogP contribution in [0.1, 0.15) is 31.7 Å². The third-order valence-electron chi connectivity index (χ3n) is 5.26. The molecule has 0 radical (unpaired) electrons. The summed E-state index contributed by atoms with van der Waals surface area (Å²) in [5.41, 5.74) is 2.35. The number of imidazole rings is 1. The van der Waals surface area contributed by atoms with Crippen LogP contribution in [-0.4, -0.2) is 53.6 Å². The molecule has 1 saturated heterocycles. The molecule has 0 bridgehead atoms. The van der Waals surface area contributed by atoms with E-state index in [1.54, 1.807) is 6.20 Å². The second-order valence-corrected chi connectivity index (χ2v) is 7.33. The van der Waals surface area contributed by atoms with Gasteiger partial charge in [-0.2, -0.15) is 0 Å². The average molecular weight is 496 g/mol. The van der Waals surface area contributed by atoms with Gasteiger partial charge in [0.1, 0.15) is 0 Å². The first-order valence-electron chi connectivity index (χ1n) is 9.99. The van der Waals surface area contributed by atoms with Crippen LogP contribution in [0, 0.1) is 5.92 Å².